The average Bonchev–Trinajstić information content (AvgIpc) is 1.65. The lowest BCUT2D eigenvalue weighted by Crippen LogP contribution is -2.44. The van der Waals surface area contributed by atoms with Crippen LogP contribution in [0.3, 0.4) is 0 Å². The number of aromatic hydroxyl groups is 1. The summed E-state index contributed by atoms with van der Waals surface area (Å²) in [6, 6.07) is 47.1. The zero-order chi connectivity index (χ0) is 78.3. The Morgan fingerprint density at radius 2 is 0.833 bits per heavy atom. The third-order valence-electron chi connectivity index (χ3n) is 17.9. The first-order valence-electron chi connectivity index (χ1n) is 36.6. The summed E-state index contributed by atoms with van der Waals surface area (Å²) in [5.41, 5.74) is 15.4. The van der Waals surface area contributed by atoms with Crippen LogP contribution >= 0.6 is 0 Å². The van der Waals surface area contributed by atoms with Crippen LogP contribution in [0.25, 0.3) is 5.52 Å². The number of aryl methyl sites for hydroxylation is 5. The molecule has 4 saturated heterocycles. The van der Waals surface area contributed by atoms with Crippen molar-refractivity contribution in [1.82, 2.24) is 19.4 Å². The zero-order valence-electron chi connectivity index (χ0n) is 63.3. The number of Topliss-reactive ketones (excluding diaryl/α,β-unsaturated/α-hetero) is 1. The van der Waals surface area contributed by atoms with Gasteiger partial charge in [-0.25, -0.2) is 14.1 Å². The van der Waals surface area contributed by atoms with E-state index >= 15 is 0 Å². The molecular weight excluding hydrogens is 1400 g/mol. The van der Waals surface area contributed by atoms with Gasteiger partial charge in [0.05, 0.1) is 22.9 Å². The molecular formula is C83H103F6N7O12. The number of nitrogens with zero attached hydrogens (tertiary/aromatic N) is 6. The number of amides is 2. The molecule has 108 heavy (non-hydrogen) atoms. The van der Waals surface area contributed by atoms with Crippen LogP contribution < -0.4 is 39.2 Å². The zero-order valence-corrected chi connectivity index (χ0v) is 63.3. The minimum atomic E-state index is -4.71. The third kappa shape index (κ3) is 28.7. The number of aliphatic hydroxyl groups is 1. The number of pyridine rings is 1. The molecule has 6 aromatic carbocycles. The highest BCUT2D eigenvalue weighted by atomic mass is 19.4. The number of aliphatic hydroxyl groups excluding tert-OH is 1. The number of halogens is 6. The molecule has 8 aromatic rings. The maximum atomic E-state index is 13.0. The van der Waals surface area contributed by atoms with Gasteiger partial charge in [-0.1, -0.05) is 59.7 Å². The van der Waals surface area contributed by atoms with E-state index in [0.29, 0.717) is 75.8 Å². The predicted molar refractivity (Wildman–Crippen MR) is 405 cm³/mol. The number of piperidine rings is 4. The van der Waals surface area contributed by atoms with Gasteiger partial charge >= 0.3 is 24.9 Å². The van der Waals surface area contributed by atoms with Crippen molar-refractivity contribution in [2.75, 3.05) is 62.2 Å². The van der Waals surface area contributed by atoms with Crippen LogP contribution in [0.4, 0.5) is 47.3 Å². The van der Waals surface area contributed by atoms with Crippen LogP contribution in [-0.2, 0) is 22.4 Å². The summed E-state index contributed by atoms with van der Waals surface area (Å²) in [6.07, 6.45) is 0.0117. The van der Waals surface area contributed by atoms with E-state index in [1.165, 1.54) is 46.6 Å². The second kappa shape index (κ2) is 38.8. The predicted octanol–water partition coefficient (Wildman–Crippen LogP) is 17.7. The summed E-state index contributed by atoms with van der Waals surface area (Å²) >= 11 is 0. The van der Waals surface area contributed by atoms with E-state index in [9.17, 15) is 45.8 Å². The largest absolute Gasteiger partial charge is 0.573 e. The van der Waals surface area contributed by atoms with Crippen LogP contribution in [0, 0.1) is 27.7 Å². The summed E-state index contributed by atoms with van der Waals surface area (Å²) in [4.78, 5) is 44.7. The second-order valence-electron chi connectivity index (χ2n) is 29.2. The number of likely N-dealkylation sites (tertiary alicyclic amines) is 2. The topological polar surface area (TPSA) is 213 Å². The SMILES string of the molecule is CC(C)(C)OC(=O)N1CCC(O)CC1.Cc1ccc(OC2CCN(C(=O)OC(C)(C)C)CC2)cc1.Cc1ccc(OC2CCN(c3ccc(CN)cc3)CC2)cc1.Cc1ccn2nc(C)c(C(=O)CCc3ccc(N4CCC(Oc5ccc(OC(F)(F)F)cc5)CC4)cc3)c2c1.Oc1ccc(OC(F)(F)F)cc1. The van der Waals surface area contributed by atoms with E-state index in [2.05, 4.69) is 111 Å². The fraction of sp³-hybridized carbons (Fsp3) is 0.446. The van der Waals surface area contributed by atoms with Gasteiger partial charge in [-0.15, -0.1) is 26.3 Å². The lowest BCUT2D eigenvalue weighted by atomic mass is 10.0. The van der Waals surface area contributed by atoms with Crippen LogP contribution in [0.5, 0.6) is 34.5 Å². The Balaban J connectivity index is 0.000000183. The monoisotopic (exact) mass is 1500 g/mol. The Hall–Kier alpha value is -9.88. The number of nitrogens with two attached hydrogens (primary N) is 1. The van der Waals surface area contributed by atoms with Crippen LogP contribution in [0.2, 0.25) is 0 Å². The summed E-state index contributed by atoms with van der Waals surface area (Å²) in [5, 5.41) is 22.5. The van der Waals surface area contributed by atoms with Gasteiger partial charge in [0.15, 0.2) is 5.78 Å². The highest BCUT2D eigenvalue weighted by Crippen LogP contribution is 2.31. The Bertz CT molecular complexity index is 4060. The van der Waals surface area contributed by atoms with Gasteiger partial charge < -0.3 is 68.7 Å². The molecule has 0 saturated carbocycles. The molecule has 6 heterocycles. The lowest BCUT2D eigenvalue weighted by molar-refractivity contribution is -0.275. The maximum Gasteiger partial charge on any atom is 0.573 e. The van der Waals surface area contributed by atoms with E-state index in [0.717, 1.165) is 128 Å². The van der Waals surface area contributed by atoms with Gasteiger partial charge in [0.25, 0.3) is 0 Å². The number of phenolic OH excluding ortho intramolecular Hbond substituents is 1. The number of anilines is 2. The van der Waals surface area contributed by atoms with E-state index < -0.39 is 23.9 Å². The number of benzene rings is 6. The Labute approximate surface area is 629 Å². The normalized spacial score (nSPS) is 15.5. The third-order valence-corrected chi connectivity index (χ3v) is 17.9. The van der Waals surface area contributed by atoms with Crippen molar-refractivity contribution >= 4 is 34.9 Å². The molecule has 584 valence electrons. The minimum absolute atomic E-state index is 0.00640. The molecule has 12 rings (SSSR count). The maximum absolute atomic E-state index is 13.0. The van der Waals surface area contributed by atoms with Crippen LogP contribution in [-0.4, -0.2) is 148 Å². The molecule has 0 bridgehead atoms. The summed E-state index contributed by atoms with van der Waals surface area (Å²) < 4.78 is 110. The molecule has 2 aromatic heterocycles. The van der Waals surface area contributed by atoms with Gasteiger partial charge in [0.2, 0.25) is 0 Å². The Kier molecular flexibility index (Phi) is 30.1. The first-order valence-corrected chi connectivity index (χ1v) is 36.6. The number of aromatic nitrogens is 2. The van der Waals surface area contributed by atoms with Gasteiger partial charge in [-0.05, 0) is 214 Å². The fourth-order valence-electron chi connectivity index (χ4n) is 12.2. The molecule has 4 fully saturated rings. The molecule has 0 unspecified atom stereocenters. The van der Waals surface area contributed by atoms with Crippen molar-refractivity contribution in [2.45, 2.75) is 188 Å². The molecule has 2 amide bonds. The van der Waals surface area contributed by atoms with Crippen molar-refractivity contribution in [1.29, 1.82) is 0 Å². The molecule has 4 N–H and O–H groups in total. The summed E-state index contributed by atoms with van der Waals surface area (Å²) in [7, 11) is 0. The fourth-order valence-corrected chi connectivity index (χ4v) is 12.2. The lowest BCUT2D eigenvalue weighted by Gasteiger charge is -2.33. The van der Waals surface area contributed by atoms with Crippen molar-refractivity contribution in [3.05, 3.63) is 203 Å². The number of ketones is 1. The summed E-state index contributed by atoms with van der Waals surface area (Å²) in [6.45, 7) is 26.1. The van der Waals surface area contributed by atoms with Gasteiger partial charge in [-0.2, -0.15) is 5.10 Å². The van der Waals surface area contributed by atoms with Crippen molar-refractivity contribution in [3.8, 4) is 34.5 Å². The molecule has 4 aliphatic heterocycles. The number of ether oxygens (including phenoxy) is 7. The van der Waals surface area contributed by atoms with Gasteiger partial charge in [0.1, 0.15) is 64.0 Å². The number of hydrogen-bond donors (Lipinski definition) is 3. The van der Waals surface area contributed by atoms with Crippen LogP contribution in [0.15, 0.2) is 164 Å². The average molecular weight is 1500 g/mol. The molecule has 25 heteroatoms. The first kappa shape index (κ1) is 83.8. The number of carbonyl (C=O) groups excluding carboxylic acids is 3. The minimum Gasteiger partial charge on any atom is -0.508 e. The van der Waals surface area contributed by atoms with E-state index in [1.54, 1.807) is 14.3 Å². The highest BCUT2D eigenvalue weighted by Gasteiger charge is 2.33. The van der Waals surface area contributed by atoms with Gasteiger partial charge in [-0.3, -0.25) is 4.79 Å². The van der Waals surface area contributed by atoms with Crippen molar-refractivity contribution < 1.29 is 84.1 Å². The molecule has 19 nitrogen and oxygen atoms in total. The second-order valence-corrected chi connectivity index (χ2v) is 29.2. The molecule has 4 aliphatic rings. The van der Waals surface area contributed by atoms with Crippen molar-refractivity contribution in [3.63, 3.8) is 0 Å². The number of rotatable bonds is 15. The Morgan fingerprint density at radius 1 is 0.472 bits per heavy atom. The number of fused-ring (bicyclic) bond motifs is 1. The number of phenols is 1. The molecule has 0 spiro atoms. The molecule has 0 atom stereocenters. The summed E-state index contributed by atoms with van der Waals surface area (Å²) in [5.74, 6) is 1.79. The van der Waals surface area contributed by atoms with Crippen LogP contribution in [0.1, 0.15) is 143 Å². The smallest absolute Gasteiger partial charge is 0.508 e. The Morgan fingerprint density at radius 3 is 1.22 bits per heavy atom. The van der Waals surface area contributed by atoms with E-state index in [4.69, 9.17) is 34.5 Å². The molecule has 0 radical (unpaired) electrons. The van der Waals surface area contributed by atoms with Crippen molar-refractivity contribution in [2.24, 2.45) is 5.73 Å². The van der Waals surface area contributed by atoms with Gasteiger partial charge in [0, 0.05) is 121 Å². The van der Waals surface area contributed by atoms with E-state index in [-0.39, 0.29) is 53.5 Å². The first-order chi connectivity index (χ1) is 51.1. The number of carbonyl (C=O) groups is 3. The molecule has 0 aliphatic carbocycles. The highest BCUT2D eigenvalue weighted by molar-refractivity contribution is 6.03. The number of alkyl halides is 6. The standard InChI is InChI=1S/C30H30F3N3O3.C19H24N2O.C17H25NO3.C10H19NO3.C7H5F3O2/c1-20-13-18-36-27(19-20)29(21(2)34-36)28(37)12-5-22-3-6-23(7-4-22)35-16-14-25(15-17-35)38-24-8-10-26(11-9-24)39-30(31,32)33;1-15-2-8-18(9-3-15)22-19-10-12-21(13-11-19)17-6-4-16(14-20)5-7-17;1-13-5-7-14(8-6-13)20-15-9-11-18(12-10-15)16(19)21-17(2,3)4;1-10(2,3)14-9(13)11-6-4-8(12)5-7-11;8-7(9,10)12-6-3-1-5(11)2-4-6/h3-4,6-11,13,18-19,25H,5,12,14-17H2,1-2H3;2-9,19H,10-14,20H2,1H3;5-8,15H,9-12H2,1-4H3;8,12H,4-7H2,1-3H3;1-4,11H. The quantitative estimate of drug-likeness (QED) is 0.0643. The van der Waals surface area contributed by atoms with E-state index in [1.807, 2.05) is 98.0 Å². The number of hydrogen-bond acceptors (Lipinski definition) is 16.